The summed E-state index contributed by atoms with van der Waals surface area (Å²) < 4.78 is 5.91. The molecule has 4 heteroatoms. The van der Waals surface area contributed by atoms with Crippen LogP contribution in [0.15, 0.2) is 53.6 Å². The fourth-order valence-corrected chi connectivity index (χ4v) is 6.42. The normalized spacial score (nSPS) is 34.9. The van der Waals surface area contributed by atoms with Gasteiger partial charge in [0.05, 0.1) is 11.5 Å². The summed E-state index contributed by atoms with van der Waals surface area (Å²) in [7, 11) is 0. The molecule has 0 saturated carbocycles. The fraction of sp³-hybridized carbons (Fsp3) is 0.593. The van der Waals surface area contributed by atoms with E-state index in [1.807, 2.05) is 18.2 Å². The van der Waals surface area contributed by atoms with Crippen LogP contribution in [0.5, 0.6) is 0 Å². The van der Waals surface area contributed by atoms with Crippen molar-refractivity contribution in [1.29, 1.82) is 0 Å². The minimum absolute atomic E-state index is 0.0250. The minimum Gasteiger partial charge on any atom is -0.461 e. The van der Waals surface area contributed by atoms with Crippen molar-refractivity contribution in [3.63, 3.8) is 0 Å². The molecule has 166 valence electrons. The van der Waals surface area contributed by atoms with E-state index in [9.17, 15) is 9.90 Å². The summed E-state index contributed by atoms with van der Waals surface area (Å²) in [5, 5.41) is 11.1. The van der Waals surface area contributed by atoms with Gasteiger partial charge in [-0.15, -0.1) is 0 Å². The number of aliphatic hydroxyl groups is 1. The lowest BCUT2D eigenvalue weighted by atomic mass is 9.62. The summed E-state index contributed by atoms with van der Waals surface area (Å²) in [6.07, 6.45) is 10.2. The molecule has 5 rings (SSSR count). The van der Waals surface area contributed by atoms with Crippen molar-refractivity contribution in [3.05, 3.63) is 59.2 Å². The lowest BCUT2D eigenvalue weighted by Crippen LogP contribution is -2.48. The molecule has 1 N–H and O–H groups in total. The number of nitrogens with zero attached hydrogens (tertiary/aromatic N) is 1. The van der Waals surface area contributed by atoms with Crippen LogP contribution in [0.2, 0.25) is 0 Å². The SMILES string of the molecule is CC1=CCC[C@]2(C)C[C@H]3OC(=O)[C@H](CN4CCC(O)(Cc5ccccc5)CC4)[C@H]3C=C12. The number of allylic oxidation sites excluding steroid dienone is 3. The number of carbonyl (C=O) groups is 1. The fourth-order valence-electron chi connectivity index (χ4n) is 6.42. The molecule has 4 aliphatic rings. The number of piperidine rings is 1. The molecule has 4 atom stereocenters. The number of carbonyl (C=O) groups excluding carboxylic acids is 1. The summed E-state index contributed by atoms with van der Waals surface area (Å²) in [5.74, 6) is 0.0695. The van der Waals surface area contributed by atoms with Gasteiger partial charge in [-0.3, -0.25) is 4.79 Å². The van der Waals surface area contributed by atoms with Crippen molar-refractivity contribution in [2.75, 3.05) is 19.6 Å². The van der Waals surface area contributed by atoms with Crippen LogP contribution in [0.1, 0.15) is 51.5 Å². The van der Waals surface area contributed by atoms with Crippen LogP contribution in [0.4, 0.5) is 0 Å². The molecule has 0 spiro atoms. The number of hydrogen-bond acceptors (Lipinski definition) is 4. The summed E-state index contributed by atoms with van der Waals surface area (Å²) in [6.45, 7) is 6.96. The van der Waals surface area contributed by atoms with Gasteiger partial charge < -0.3 is 14.7 Å². The first-order valence-electron chi connectivity index (χ1n) is 11.9. The van der Waals surface area contributed by atoms with E-state index in [2.05, 4.69) is 43.0 Å². The molecule has 4 nitrogen and oxygen atoms in total. The Morgan fingerprint density at radius 1 is 1.16 bits per heavy atom. The van der Waals surface area contributed by atoms with Crippen LogP contribution >= 0.6 is 0 Å². The Morgan fingerprint density at radius 3 is 2.65 bits per heavy atom. The average molecular weight is 422 g/mol. The maximum atomic E-state index is 12.8. The van der Waals surface area contributed by atoms with Crippen LogP contribution in [0.25, 0.3) is 0 Å². The number of hydrogen-bond donors (Lipinski definition) is 1. The van der Waals surface area contributed by atoms with Crippen LogP contribution in [0, 0.1) is 17.3 Å². The van der Waals surface area contributed by atoms with Crippen molar-refractivity contribution in [2.24, 2.45) is 17.3 Å². The Bertz CT molecular complexity index is 896. The Hall–Kier alpha value is -1.91. The van der Waals surface area contributed by atoms with Gasteiger partial charge in [0, 0.05) is 32.0 Å². The van der Waals surface area contributed by atoms with Crippen molar-refractivity contribution in [3.8, 4) is 0 Å². The third-order valence-corrected chi connectivity index (χ3v) is 8.31. The first-order valence-corrected chi connectivity index (χ1v) is 11.9. The number of benzene rings is 1. The van der Waals surface area contributed by atoms with Crippen LogP contribution in [-0.2, 0) is 16.0 Å². The zero-order chi connectivity index (χ0) is 21.6. The molecule has 31 heavy (non-hydrogen) atoms. The number of fused-ring (bicyclic) bond motifs is 2. The molecule has 2 aliphatic heterocycles. The predicted molar refractivity (Wildman–Crippen MR) is 121 cm³/mol. The van der Waals surface area contributed by atoms with Gasteiger partial charge in [-0.2, -0.15) is 0 Å². The van der Waals surface area contributed by atoms with E-state index in [4.69, 9.17) is 4.74 Å². The number of likely N-dealkylation sites (tertiary alicyclic amines) is 1. The third kappa shape index (κ3) is 4.01. The van der Waals surface area contributed by atoms with Gasteiger partial charge in [0.1, 0.15) is 6.10 Å². The second-order valence-corrected chi connectivity index (χ2v) is 10.6. The molecule has 2 fully saturated rings. The zero-order valence-corrected chi connectivity index (χ0v) is 18.8. The molecule has 1 aromatic rings. The molecule has 0 aromatic heterocycles. The standard InChI is InChI=1S/C27H35NO3/c1-19-7-6-10-26(2)17-24-21(15-23(19)26)22(25(29)31-24)18-28-13-11-27(30,12-14-28)16-20-8-4-3-5-9-20/h3-5,7-9,15,21-22,24,30H,6,10-14,16-18H2,1-2H3/t21-,22-,24-,26-/m1/s1. The van der Waals surface area contributed by atoms with E-state index < -0.39 is 5.60 Å². The predicted octanol–water partition coefficient (Wildman–Crippen LogP) is 4.29. The highest BCUT2D eigenvalue weighted by Gasteiger charge is 2.51. The van der Waals surface area contributed by atoms with E-state index in [0.717, 1.165) is 51.7 Å². The van der Waals surface area contributed by atoms with Gasteiger partial charge in [-0.25, -0.2) is 0 Å². The monoisotopic (exact) mass is 421 g/mol. The highest BCUT2D eigenvalue weighted by atomic mass is 16.6. The second kappa shape index (κ2) is 7.90. The van der Waals surface area contributed by atoms with Crippen molar-refractivity contribution in [2.45, 2.75) is 64.1 Å². The molecule has 2 aliphatic carbocycles. The molecular weight excluding hydrogens is 386 g/mol. The van der Waals surface area contributed by atoms with E-state index in [1.54, 1.807) is 0 Å². The Kier molecular flexibility index (Phi) is 5.34. The summed E-state index contributed by atoms with van der Waals surface area (Å²) in [5.41, 5.74) is 3.52. The molecule has 2 saturated heterocycles. The van der Waals surface area contributed by atoms with Gasteiger partial charge in [0.15, 0.2) is 0 Å². The van der Waals surface area contributed by atoms with E-state index in [0.29, 0.717) is 6.42 Å². The average Bonchev–Trinajstić information content (AvgIpc) is 3.02. The quantitative estimate of drug-likeness (QED) is 0.737. The van der Waals surface area contributed by atoms with Gasteiger partial charge in [-0.1, -0.05) is 55.0 Å². The molecular formula is C27H35NO3. The number of rotatable bonds is 4. The zero-order valence-electron chi connectivity index (χ0n) is 18.8. The lowest BCUT2D eigenvalue weighted by molar-refractivity contribution is -0.145. The molecule has 2 heterocycles. The molecule has 0 unspecified atom stereocenters. The maximum absolute atomic E-state index is 12.8. The van der Waals surface area contributed by atoms with E-state index in [-0.39, 0.29) is 29.3 Å². The molecule has 1 aromatic carbocycles. The molecule has 0 radical (unpaired) electrons. The summed E-state index contributed by atoms with van der Waals surface area (Å²) >= 11 is 0. The third-order valence-electron chi connectivity index (χ3n) is 8.31. The smallest absolute Gasteiger partial charge is 0.311 e. The number of esters is 1. The Morgan fingerprint density at radius 2 is 1.90 bits per heavy atom. The molecule has 0 bridgehead atoms. The van der Waals surface area contributed by atoms with Gasteiger partial charge >= 0.3 is 5.97 Å². The van der Waals surface area contributed by atoms with Crippen molar-refractivity contribution >= 4 is 5.97 Å². The number of ether oxygens (including phenoxy) is 1. The highest BCUT2D eigenvalue weighted by Crippen LogP contribution is 2.52. The second-order valence-electron chi connectivity index (χ2n) is 10.6. The first-order chi connectivity index (χ1) is 14.9. The van der Waals surface area contributed by atoms with Crippen molar-refractivity contribution in [1.82, 2.24) is 4.90 Å². The summed E-state index contributed by atoms with van der Waals surface area (Å²) in [4.78, 5) is 15.2. The minimum atomic E-state index is -0.644. The Balaban J connectivity index is 1.25. The van der Waals surface area contributed by atoms with Crippen LogP contribution in [-0.4, -0.2) is 47.3 Å². The lowest BCUT2D eigenvalue weighted by Gasteiger charge is -2.43. The Labute approximate surface area is 186 Å². The van der Waals surface area contributed by atoms with E-state index in [1.165, 1.54) is 16.7 Å². The van der Waals surface area contributed by atoms with Gasteiger partial charge in [0.25, 0.3) is 0 Å². The van der Waals surface area contributed by atoms with Crippen LogP contribution in [0.3, 0.4) is 0 Å². The van der Waals surface area contributed by atoms with Gasteiger partial charge in [-0.05, 0) is 55.6 Å². The first kappa shape index (κ1) is 21.0. The highest BCUT2D eigenvalue weighted by molar-refractivity contribution is 5.76. The van der Waals surface area contributed by atoms with Gasteiger partial charge in [0.2, 0.25) is 0 Å². The van der Waals surface area contributed by atoms with Crippen molar-refractivity contribution < 1.29 is 14.6 Å². The topological polar surface area (TPSA) is 49.8 Å². The molecule has 0 amide bonds. The largest absolute Gasteiger partial charge is 0.461 e. The maximum Gasteiger partial charge on any atom is 0.311 e. The van der Waals surface area contributed by atoms with Crippen LogP contribution < -0.4 is 0 Å². The van der Waals surface area contributed by atoms with E-state index >= 15 is 0 Å². The summed E-state index contributed by atoms with van der Waals surface area (Å²) in [6, 6.07) is 10.2.